The van der Waals surface area contributed by atoms with Crippen LogP contribution in [0.2, 0.25) is 0 Å². The van der Waals surface area contributed by atoms with Gasteiger partial charge in [-0.1, -0.05) is 26.2 Å². The molecule has 0 heterocycles. The van der Waals surface area contributed by atoms with Gasteiger partial charge in [-0.3, -0.25) is 14.9 Å². The van der Waals surface area contributed by atoms with Crippen molar-refractivity contribution >= 4 is 24.3 Å². The summed E-state index contributed by atoms with van der Waals surface area (Å²) >= 11 is 0. The van der Waals surface area contributed by atoms with Crippen LogP contribution in [0, 0.1) is 0 Å². The number of nitrogens with one attached hydrogen (secondary N) is 2. The first-order valence-corrected chi connectivity index (χ1v) is 6.39. The van der Waals surface area contributed by atoms with E-state index in [0.29, 0.717) is 12.5 Å². The van der Waals surface area contributed by atoms with E-state index in [1.165, 1.54) is 12.8 Å². The molecule has 1 aliphatic carbocycles. The van der Waals surface area contributed by atoms with E-state index in [1.807, 2.05) is 6.92 Å². The van der Waals surface area contributed by atoms with Crippen LogP contribution in [-0.4, -0.2) is 35.6 Å². The molecule has 6 heteroatoms. The molecule has 0 aromatic rings. The monoisotopic (exact) mass is 278 g/mol. The molecule has 0 spiro atoms. The molecule has 106 valence electrons. The third kappa shape index (κ3) is 6.21. The third-order valence-electron chi connectivity index (χ3n) is 3.10. The van der Waals surface area contributed by atoms with E-state index in [0.717, 1.165) is 19.3 Å². The summed E-state index contributed by atoms with van der Waals surface area (Å²) in [5, 5.41) is 14.6. The van der Waals surface area contributed by atoms with Crippen molar-refractivity contribution < 1.29 is 14.7 Å². The zero-order valence-corrected chi connectivity index (χ0v) is 11.6. The molecule has 0 bridgehead atoms. The van der Waals surface area contributed by atoms with E-state index in [4.69, 9.17) is 5.11 Å². The Kier molecular flexibility index (Phi) is 8.75. The van der Waals surface area contributed by atoms with E-state index in [9.17, 15) is 9.59 Å². The van der Waals surface area contributed by atoms with Gasteiger partial charge in [0.1, 0.15) is 6.04 Å². The predicted molar refractivity (Wildman–Crippen MR) is 72.0 cm³/mol. The normalized spacial score (nSPS) is 16.9. The SMILES string of the molecule is CCCC(NCC(=O)NC1CCCC1)C(=O)O.Cl. The van der Waals surface area contributed by atoms with E-state index in [1.54, 1.807) is 0 Å². The highest BCUT2D eigenvalue weighted by molar-refractivity contribution is 5.85. The number of hydrogen-bond donors (Lipinski definition) is 3. The van der Waals surface area contributed by atoms with Gasteiger partial charge in [-0.25, -0.2) is 0 Å². The van der Waals surface area contributed by atoms with E-state index in [-0.39, 0.29) is 24.9 Å². The maximum absolute atomic E-state index is 11.6. The average Bonchev–Trinajstić information content (AvgIpc) is 2.76. The first kappa shape index (κ1) is 17.2. The molecule has 1 unspecified atom stereocenters. The molecule has 1 amide bonds. The number of carboxylic acids is 1. The first-order chi connectivity index (χ1) is 8.13. The van der Waals surface area contributed by atoms with Gasteiger partial charge in [0.15, 0.2) is 0 Å². The molecule has 1 atom stereocenters. The van der Waals surface area contributed by atoms with Crippen LogP contribution in [-0.2, 0) is 9.59 Å². The second kappa shape index (κ2) is 9.16. The number of carbonyl (C=O) groups is 2. The molecule has 0 saturated heterocycles. The van der Waals surface area contributed by atoms with Gasteiger partial charge >= 0.3 is 5.97 Å². The quantitative estimate of drug-likeness (QED) is 0.656. The fourth-order valence-electron chi connectivity index (χ4n) is 2.17. The van der Waals surface area contributed by atoms with Crippen molar-refractivity contribution in [1.82, 2.24) is 10.6 Å². The molecule has 0 aliphatic heterocycles. The lowest BCUT2D eigenvalue weighted by Crippen LogP contribution is -2.45. The van der Waals surface area contributed by atoms with Gasteiger partial charge in [0.05, 0.1) is 6.54 Å². The van der Waals surface area contributed by atoms with Crippen molar-refractivity contribution in [3.8, 4) is 0 Å². The Balaban J connectivity index is 0.00000289. The summed E-state index contributed by atoms with van der Waals surface area (Å²) in [4.78, 5) is 22.4. The highest BCUT2D eigenvalue weighted by atomic mass is 35.5. The predicted octanol–water partition coefficient (Wildman–Crippen LogP) is 1.31. The molecule has 1 aliphatic rings. The van der Waals surface area contributed by atoms with Gasteiger partial charge in [0.2, 0.25) is 5.91 Å². The summed E-state index contributed by atoms with van der Waals surface area (Å²) in [6, 6.07) is -0.326. The number of halogens is 1. The number of carboxylic acid groups (broad SMARTS) is 1. The van der Waals surface area contributed by atoms with E-state index < -0.39 is 12.0 Å². The largest absolute Gasteiger partial charge is 0.480 e. The van der Waals surface area contributed by atoms with Gasteiger partial charge < -0.3 is 10.4 Å². The molecule has 1 fully saturated rings. The molecule has 1 rings (SSSR count). The fourth-order valence-corrected chi connectivity index (χ4v) is 2.17. The zero-order valence-electron chi connectivity index (χ0n) is 10.8. The number of rotatable bonds is 7. The number of carbonyl (C=O) groups excluding carboxylic acids is 1. The minimum absolute atomic E-state index is 0. The molecule has 1 saturated carbocycles. The highest BCUT2D eigenvalue weighted by Crippen LogP contribution is 2.17. The van der Waals surface area contributed by atoms with Crippen molar-refractivity contribution in [3.05, 3.63) is 0 Å². The third-order valence-corrected chi connectivity index (χ3v) is 3.10. The number of hydrogen-bond acceptors (Lipinski definition) is 3. The lowest BCUT2D eigenvalue weighted by Gasteiger charge is -2.15. The molecule has 0 radical (unpaired) electrons. The van der Waals surface area contributed by atoms with Crippen molar-refractivity contribution in [1.29, 1.82) is 0 Å². The Morgan fingerprint density at radius 3 is 2.44 bits per heavy atom. The van der Waals surface area contributed by atoms with Crippen molar-refractivity contribution in [3.63, 3.8) is 0 Å². The van der Waals surface area contributed by atoms with Crippen LogP contribution >= 0.6 is 12.4 Å². The summed E-state index contributed by atoms with van der Waals surface area (Å²) in [7, 11) is 0. The average molecular weight is 279 g/mol. The maximum atomic E-state index is 11.6. The molecule has 3 N–H and O–H groups in total. The van der Waals surface area contributed by atoms with Crippen LogP contribution in [0.4, 0.5) is 0 Å². The zero-order chi connectivity index (χ0) is 12.7. The lowest BCUT2D eigenvalue weighted by molar-refractivity contribution is -0.139. The van der Waals surface area contributed by atoms with Crippen molar-refractivity contribution in [2.75, 3.05) is 6.54 Å². The highest BCUT2D eigenvalue weighted by Gasteiger charge is 2.19. The van der Waals surface area contributed by atoms with Crippen molar-refractivity contribution in [2.45, 2.75) is 57.5 Å². The Hall–Kier alpha value is -0.810. The first-order valence-electron chi connectivity index (χ1n) is 6.39. The maximum Gasteiger partial charge on any atom is 0.320 e. The Morgan fingerprint density at radius 1 is 1.33 bits per heavy atom. The van der Waals surface area contributed by atoms with Crippen LogP contribution in [0.25, 0.3) is 0 Å². The van der Waals surface area contributed by atoms with Crippen LogP contribution in [0.1, 0.15) is 45.4 Å². The molecule has 0 aromatic heterocycles. The lowest BCUT2D eigenvalue weighted by atomic mass is 10.1. The number of aliphatic carboxylic acids is 1. The van der Waals surface area contributed by atoms with Crippen LogP contribution < -0.4 is 10.6 Å². The molecular weight excluding hydrogens is 256 g/mol. The summed E-state index contributed by atoms with van der Waals surface area (Å²) in [6.07, 6.45) is 5.77. The van der Waals surface area contributed by atoms with Gasteiger partial charge in [0, 0.05) is 6.04 Å². The molecule has 18 heavy (non-hydrogen) atoms. The van der Waals surface area contributed by atoms with Gasteiger partial charge in [-0.15, -0.1) is 12.4 Å². The van der Waals surface area contributed by atoms with Crippen LogP contribution in [0.15, 0.2) is 0 Å². The van der Waals surface area contributed by atoms with Crippen LogP contribution in [0.5, 0.6) is 0 Å². The standard InChI is InChI=1S/C12H22N2O3.ClH/c1-2-5-10(12(16)17)13-8-11(15)14-9-6-3-4-7-9;/h9-10,13H,2-8H2,1H3,(H,14,15)(H,16,17);1H. The minimum Gasteiger partial charge on any atom is -0.480 e. The van der Waals surface area contributed by atoms with E-state index in [2.05, 4.69) is 10.6 Å². The van der Waals surface area contributed by atoms with Gasteiger partial charge in [-0.2, -0.15) is 0 Å². The summed E-state index contributed by atoms with van der Waals surface area (Å²) in [5.74, 6) is -0.986. The Morgan fingerprint density at radius 2 is 1.94 bits per heavy atom. The summed E-state index contributed by atoms with van der Waals surface area (Å²) in [5.41, 5.74) is 0. The second-order valence-corrected chi connectivity index (χ2v) is 4.61. The van der Waals surface area contributed by atoms with Gasteiger partial charge in [0.25, 0.3) is 0 Å². The number of amides is 1. The van der Waals surface area contributed by atoms with Crippen molar-refractivity contribution in [2.24, 2.45) is 0 Å². The Labute approximate surface area is 114 Å². The minimum atomic E-state index is -0.888. The summed E-state index contributed by atoms with van der Waals surface area (Å²) < 4.78 is 0. The Bertz CT molecular complexity index is 268. The van der Waals surface area contributed by atoms with Gasteiger partial charge in [-0.05, 0) is 19.3 Å². The molecular formula is C12H23ClN2O3. The van der Waals surface area contributed by atoms with Crippen LogP contribution in [0.3, 0.4) is 0 Å². The fraction of sp³-hybridized carbons (Fsp3) is 0.833. The topological polar surface area (TPSA) is 78.4 Å². The molecule has 0 aromatic carbocycles. The summed E-state index contributed by atoms with van der Waals surface area (Å²) in [6.45, 7) is 2.02. The van der Waals surface area contributed by atoms with E-state index >= 15 is 0 Å². The second-order valence-electron chi connectivity index (χ2n) is 4.61. The smallest absolute Gasteiger partial charge is 0.320 e. The molecule has 5 nitrogen and oxygen atoms in total.